The van der Waals surface area contributed by atoms with Gasteiger partial charge >= 0.3 is 0 Å². The van der Waals surface area contributed by atoms with Crippen molar-refractivity contribution in [2.24, 2.45) is 0 Å². The molecule has 9 aromatic rings. The van der Waals surface area contributed by atoms with Gasteiger partial charge in [0.15, 0.2) is 5.58 Å². The molecule has 0 aliphatic heterocycles. The monoisotopic (exact) mass is 523 g/mol. The first-order chi connectivity index (χ1) is 20.3. The molecule has 4 nitrogen and oxygen atoms in total. The van der Waals surface area contributed by atoms with Crippen molar-refractivity contribution >= 4 is 65.6 Å². The van der Waals surface area contributed by atoms with Gasteiger partial charge in [0.1, 0.15) is 11.7 Å². The average Bonchev–Trinajstić information content (AvgIpc) is 3.68. The highest BCUT2D eigenvalue weighted by Gasteiger charge is 2.20. The third kappa shape index (κ3) is 2.92. The largest absolute Gasteiger partial charge is 0.454 e. The van der Waals surface area contributed by atoms with Crippen molar-refractivity contribution in [1.82, 2.24) is 9.13 Å². The van der Waals surface area contributed by atoms with Gasteiger partial charge in [-0.2, -0.15) is 5.26 Å². The minimum absolute atomic E-state index is 0.665. The van der Waals surface area contributed by atoms with Gasteiger partial charge in [-0.25, -0.2) is 0 Å². The van der Waals surface area contributed by atoms with Crippen molar-refractivity contribution in [2.45, 2.75) is 0 Å². The number of hydrogen-bond donors (Lipinski definition) is 0. The van der Waals surface area contributed by atoms with E-state index in [1.54, 1.807) is 0 Å². The standard InChI is InChI=1S/C37H21N3O/c38-22-23-9-7-13-28-25-10-1-4-15-31(25)39(36(23)28)24-19-20-33-30(21-24)26-11-2-5-16-32(26)40(33)34-17-8-14-29-27-12-3-6-18-35(27)41-37(29)34/h1-21H. The lowest BCUT2D eigenvalue weighted by Crippen LogP contribution is -1.97. The van der Waals surface area contributed by atoms with Crippen molar-refractivity contribution in [1.29, 1.82) is 5.26 Å². The predicted octanol–water partition coefficient (Wildman–Crippen LogP) is 9.65. The molecule has 3 heterocycles. The molecule has 190 valence electrons. The Kier molecular flexibility index (Phi) is 4.37. The third-order valence-corrected chi connectivity index (χ3v) is 8.35. The van der Waals surface area contributed by atoms with Crippen LogP contribution in [-0.4, -0.2) is 9.13 Å². The molecule has 0 N–H and O–H groups in total. The number of furan rings is 1. The molecule has 41 heavy (non-hydrogen) atoms. The molecular formula is C37H21N3O. The quantitative estimate of drug-likeness (QED) is 0.226. The molecule has 0 saturated heterocycles. The maximum absolute atomic E-state index is 10.0. The van der Waals surface area contributed by atoms with E-state index in [4.69, 9.17) is 4.42 Å². The van der Waals surface area contributed by atoms with E-state index >= 15 is 0 Å². The molecule has 4 heteroatoms. The SMILES string of the molecule is N#Cc1cccc2c3ccccc3n(-c3ccc4c(c3)c3ccccc3n4-c3cccc4c3oc3ccccc34)c12. The average molecular weight is 524 g/mol. The van der Waals surface area contributed by atoms with Crippen LogP contribution >= 0.6 is 0 Å². The van der Waals surface area contributed by atoms with Crippen LogP contribution in [0.25, 0.3) is 76.9 Å². The Morgan fingerprint density at radius 1 is 0.512 bits per heavy atom. The summed E-state index contributed by atoms with van der Waals surface area (Å²) in [6.45, 7) is 0. The second-order valence-corrected chi connectivity index (χ2v) is 10.5. The maximum Gasteiger partial charge on any atom is 0.159 e. The maximum atomic E-state index is 10.0. The molecule has 0 fully saturated rings. The predicted molar refractivity (Wildman–Crippen MR) is 167 cm³/mol. The molecular weight excluding hydrogens is 502 g/mol. The van der Waals surface area contributed by atoms with E-state index in [0.29, 0.717) is 5.56 Å². The molecule has 0 spiro atoms. The molecule has 9 rings (SSSR count). The normalized spacial score (nSPS) is 11.9. The number of aromatic nitrogens is 2. The Morgan fingerprint density at radius 2 is 1.15 bits per heavy atom. The first kappa shape index (κ1) is 22.1. The van der Waals surface area contributed by atoms with Gasteiger partial charge in [0.2, 0.25) is 0 Å². The first-order valence-electron chi connectivity index (χ1n) is 13.7. The highest BCUT2D eigenvalue weighted by molar-refractivity contribution is 6.14. The molecule has 0 amide bonds. The van der Waals surface area contributed by atoms with Crippen LogP contribution in [0.2, 0.25) is 0 Å². The number of nitriles is 1. The third-order valence-electron chi connectivity index (χ3n) is 8.35. The van der Waals surface area contributed by atoms with Gasteiger partial charge in [0.05, 0.1) is 33.3 Å². The van der Waals surface area contributed by atoms with E-state index in [-0.39, 0.29) is 0 Å². The second kappa shape index (κ2) is 8.11. The zero-order valence-electron chi connectivity index (χ0n) is 21.9. The number of fused-ring (bicyclic) bond motifs is 9. The Labute approximate surface area is 234 Å². The molecule has 0 aliphatic rings. The van der Waals surface area contributed by atoms with Crippen LogP contribution in [0.4, 0.5) is 0 Å². The fourth-order valence-corrected chi connectivity index (χ4v) is 6.64. The van der Waals surface area contributed by atoms with Gasteiger partial charge < -0.3 is 13.6 Å². The van der Waals surface area contributed by atoms with Crippen LogP contribution in [0.15, 0.2) is 132 Å². The van der Waals surface area contributed by atoms with Crippen molar-refractivity contribution in [3.8, 4) is 17.4 Å². The van der Waals surface area contributed by atoms with Crippen molar-refractivity contribution in [2.75, 3.05) is 0 Å². The smallest absolute Gasteiger partial charge is 0.159 e. The number of benzene rings is 6. The summed E-state index contributed by atoms with van der Waals surface area (Å²) < 4.78 is 11.0. The number of nitrogens with zero attached hydrogens (tertiary/aromatic N) is 3. The van der Waals surface area contributed by atoms with E-state index in [2.05, 4.69) is 118 Å². The molecule has 3 aromatic heterocycles. The summed E-state index contributed by atoms with van der Waals surface area (Å²) in [5, 5.41) is 16.8. The molecule has 0 radical (unpaired) electrons. The Hall–Kier alpha value is -5.79. The molecule has 0 saturated carbocycles. The van der Waals surface area contributed by atoms with Gasteiger partial charge in [-0.3, -0.25) is 0 Å². The van der Waals surface area contributed by atoms with E-state index in [9.17, 15) is 5.26 Å². The van der Waals surface area contributed by atoms with Gasteiger partial charge in [-0.05, 0) is 48.5 Å². The zero-order chi connectivity index (χ0) is 27.1. The summed E-state index contributed by atoms with van der Waals surface area (Å²) in [6.07, 6.45) is 0. The highest BCUT2D eigenvalue weighted by Crippen LogP contribution is 2.40. The summed E-state index contributed by atoms with van der Waals surface area (Å²) in [6, 6.07) is 46.5. The minimum Gasteiger partial charge on any atom is -0.454 e. The number of rotatable bonds is 2. The van der Waals surface area contributed by atoms with E-state index in [1.165, 1.54) is 5.39 Å². The summed E-state index contributed by atoms with van der Waals surface area (Å²) >= 11 is 0. The number of hydrogen-bond acceptors (Lipinski definition) is 2. The molecule has 6 aromatic carbocycles. The van der Waals surface area contributed by atoms with Crippen molar-refractivity contribution in [3.63, 3.8) is 0 Å². The minimum atomic E-state index is 0.665. The van der Waals surface area contributed by atoms with Crippen molar-refractivity contribution < 1.29 is 4.42 Å². The van der Waals surface area contributed by atoms with Crippen LogP contribution in [0, 0.1) is 11.3 Å². The molecule has 0 bridgehead atoms. The Bertz CT molecular complexity index is 2550. The van der Waals surface area contributed by atoms with E-state index in [0.717, 1.165) is 71.5 Å². The topological polar surface area (TPSA) is 46.8 Å². The van der Waals surface area contributed by atoms with Crippen LogP contribution < -0.4 is 0 Å². The lowest BCUT2D eigenvalue weighted by atomic mass is 10.1. The van der Waals surface area contributed by atoms with Gasteiger partial charge in [0, 0.05) is 38.0 Å². The summed E-state index contributed by atoms with van der Waals surface area (Å²) in [4.78, 5) is 0. The van der Waals surface area contributed by atoms with Crippen molar-refractivity contribution in [3.05, 3.63) is 133 Å². The van der Waals surface area contributed by atoms with Gasteiger partial charge in [-0.15, -0.1) is 0 Å². The van der Waals surface area contributed by atoms with Crippen LogP contribution in [0.1, 0.15) is 5.56 Å². The Balaban J connectivity index is 1.39. The molecule has 0 aliphatic carbocycles. The summed E-state index contributed by atoms with van der Waals surface area (Å²) in [5.74, 6) is 0. The fourth-order valence-electron chi connectivity index (χ4n) is 6.64. The van der Waals surface area contributed by atoms with Crippen LogP contribution in [0.5, 0.6) is 0 Å². The van der Waals surface area contributed by atoms with Gasteiger partial charge in [0.25, 0.3) is 0 Å². The first-order valence-corrected chi connectivity index (χ1v) is 13.7. The summed E-state index contributed by atoms with van der Waals surface area (Å²) in [5.41, 5.74) is 8.71. The van der Waals surface area contributed by atoms with Gasteiger partial charge in [-0.1, -0.05) is 78.9 Å². The highest BCUT2D eigenvalue weighted by atomic mass is 16.3. The molecule has 0 atom stereocenters. The molecule has 0 unspecified atom stereocenters. The fraction of sp³-hybridized carbons (Fsp3) is 0. The van der Waals surface area contributed by atoms with Crippen LogP contribution in [0.3, 0.4) is 0 Å². The zero-order valence-corrected chi connectivity index (χ0v) is 21.9. The Morgan fingerprint density at radius 3 is 1.98 bits per heavy atom. The van der Waals surface area contributed by atoms with E-state index < -0.39 is 0 Å². The lowest BCUT2D eigenvalue weighted by Gasteiger charge is -2.11. The lowest BCUT2D eigenvalue weighted by molar-refractivity contribution is 0.666. The second-order valence-electron chi connectivity index (χ2n) is 10.5. The van der Waals surface area contributed by atoms with E-state index in [1.807, 2.05) is 24.3 Å². The number of para-hydroxylation sites is 5. The summed E-state index contributed by atoms with van der Waals surface area (Å²) in [7, 11) is 0. The van der Waals surface area contributed by atoms with Crippen LogP contribution in [-0.2, 0) is 0 Å².